The predicted molar refractivity (Wildman–Crippen MR) is 69.0 cm³/mol. The molecular formula is C11H16BrClN2O. The van der Waals surface area contributed by atoms with Crippen LogP contribution in [0.15, 0.2) is 4.47 Å². The Hall–Kier alpha value is -0.190. The van der Waals surface area contributed by atoms with Gasteiger partial charge in [0, 0.05) is 20.1 Å². The molecule has 0 saturated carbocycles. The zero-order valence-electron chi connectivity index (χ0n) is 9.76. The molecule has 0 bridgehead atoms. The van der Waals surface area contributed by atoms with Crippen LogP contribution < -0.4 is 0 Å². The smallest absolute Gasteiger partial charge is 0.147 e. The van der Waals surface area contributed by atoms with Crippen LogP contribution >= 0.6 is 27.5 Å². The molecule has 0 atom stereocenters. The first-order valence-corrected chi connectivity index (χ1v) is 6.44. The lowest BCUT2D eigenvalue weighted by Crippen LogP contribution is -2.04. The van der Waals surface area contributed by atoms with Crippen molar-refractivity contribution in [3.8, 4) is 0 Å². The van der Waals surface area contributed by atoms with Crippen molar-refractivity contribution < 1.29 is 4.74 Å². The standard InChI is InChI=1S/C11H16BrClN2O/c1-7(2)10-9(12)11(13)15-8(14-10)5-4-6-16-3/h7H,4-6H2,1-3H3. The highest BCUT2D eigenvalue weighted by Gasteiger charge is 2.13. The molecule has 90 valence electrons. The summed E-state index contributed by atoms with van der Waals surface area (Å²) in [6.07, 6.45) is 1.70. The van der Waals surface area contributed by atoms with Gasteiger partial charge < -0.3 is 4.74 Å². The minimum atomic E-state index is 0.330. The number of hydrogen-bond donors (Lipinski definition) is 0. The fourth-order valence-corrected chi connectivity index (χ4v) is 2.18. The number of aromatic nitrogens is 2. The molecule has 5 heteroatoms. The van der Waals surface area contributed by atoms with E-state index in [1.165, 1.54) is 0 Å². The fraction of sp³-hybridized carbons (Fsp3) is 0.636. The van der Waals surface area contributed by atoms with Crippen molar-refractivity contribution in [3.05, 3.63) is 21.1 Å². The number of hydrogen-bond acceptors (Lipinski definition) is 3. The van der Waals surface area contributed by atoms with Gasteiger partial charge in [-0.1, -0.05) is 25.4 Å². The molecule has 0 unspecified atom stereocenters. The van der Waals surface area contributed by atoms with E-state index in [0.717, 1.165) is 28.8 Å². The van der Waals surface area contributed by atoms with Gasteiger partial charge in [0.1, 0.15) is 11.0 Å². The van der Waals surface area contributed by atoms with E-state index < -0.39 is 0 Å². The predicted octanol–water partition coefficient (Wildman–Crippen LogP) is 3.59. The lowest BCUT2D eigenvalue weighted by molar-refractivity contribution is 0.194. The van der Waals surface area contributed by atoms with Crippen LogP contribution in [0, 0.1) is 0 Å². The molecule has 0 spiro atoms. The average Bonchev–Trinajstić information content (AvgIpc) is 2.23. The van der Waals surface area contributed by atoms with E-state index in [0.29, 0.717) is 17.7 Å². The van der Waals surface area contributed by atoms with E-state index in [1.807, 2.05) is 0 Å². The quantitative estimate of drug-likeness (QED) is 0.616. The first-order chi connectivity index (χ1) is 7.56. The number of aryl methyl sites for hydroxylation is 1. The third-order valence-electron chi connectivity index (χ3n) is 2.18. The van der Waals surface area contributed by atoms with Crippen LogP contribution in [0.3, 0.4) is 0 Å². The van der Waals surface area contributed by atoms with Crippen LogP contribution in [0.5, 0.6) is 0 Å². The number of halogens is 2. The summed E-state index contributed by atoms with van der Waals surface area (Å²) in [4.78, 5) is 8.75. The zero-order valence-corrected chi connectivity index (χ0v) is 12.1. The highest BCUT2D eigenvalue weighted by Crippen LogP contribution is 2.28. The van der Waals surface area contributed by atoms with E-state index in [9.17, 15) is 0 Å². The molecule has 1 heterocycles. The summed E-state index contributed by atoms with van der Waals surface area (Å²) in [7, 11) is 1.69. The van der Waals surface area contributed by atoms with Gasteiger partial charge in [-0.25, -0.2) is 9.97 Å². The SMILES string of the molecule is COCCCc1nc(Cl)c(Br)c(C(C)C)n1. The zero-order chi connectivity index (χ0) is 12.1. The van der Waals surface area contributed by atoms with Gasteiger partial charge in [0.05, 0.1) is 10.2 Å². The summed E-state index contributed by atoms with van der Waals surface area (Å²) >= 11 is 9.46. The molecular weight excluding hydrogens is 291 g/mol. The van der Waals surface area contributed by atoms with Gasteiger partial charge in [0.15, 0.2) is 0 Å². The normalized spacial score (nSPS) is 11.1. The van der Waals surface area contributed by atoms with Gasteiger partial charge in [-0.05, 0) is 28.3 Å². The molecule has 0 N–H and O–H groups in total. The summed E-state index contributed by atoms with van der Waals surface area (Å²) in [5.41, 5.74) is 0.965. The minimum Gasteiger partial charge on any atom is -0.385 e. The highest BCUT2D eigenvalue weighted by atomic mass is 79.9. The molecule has 0 fully saturated rings. The van der Waals surface area contributed by atoms with E-state index in [-0.39, 0.29) is 0 Å². The average molecular weight is 308 g/mol. The molecule has 0 amide bonds. The van der Waals surface area contributed by atoms with Crippen LogP contribution in [0.2, 0.25) is 5.15 Å². The van der Waals surface area contributed by atoms with Gasteiger partial charge in [0.25, 0.3) is 0 Å². The van der Waals surface area contributed by atoms with Crippen LogP contribution in [-0.4, -0.2) is 23.7 Å². The molecule has 0 aliphatic carbocycles. The lowest BCUT2D eigenvalue weighted by Gasteiger charge is -2.10. The maximum absolute atomic E-state index is 6.05. The van der Waals surface area contributed by atoms with Crippen LogP contribution in [-0.2, 0) is 11.2 Å². The highest BCUT2D eigenvalue weighted by molar-refractivity contribution is 9.10. The van der Waals surface area contributed by atoms with Gasteiger partial charge in [-0.2, -0.15) is 0 Å². The third-order valence-corrected chi connectivity index (χ3v) is 3.46. The maximum Gasteiger partial charge on any atom is 0.147 e. The second-order valence-electron chi connectivity index (χ2n) is 3.88. The molecule has 0 radical (unpaired) electrons. The van der Waals surface area contributed by atoms with E-state index >= 15 is 0 Å². The van der Waals surface area contributed by atoms with Crippen molar-refractivity contribution in [3.63, 3.8) is 0 Å². The van der Waals surface area contributed by atoms with Crippen LogP contribution in [0.1, 0.15) is 37.7 Å². The Labute approximate surface area is 110 Å². The molecule has 0 aliphatic rings. The van der Waals surface area contributed by atoms with Crippen molar-refractivity contribution in [2.75, 3.05) is 13.7 Å². The monoisotopic (exact) mass is 306 g/mol. The summed E-state index contributed by atoms with van der Waals surface area (Å²) in [5.74, 6) is 1.12. The molecule has 0 aliphatic heterocycles. The van der Waals surface area contributed by atoms with Crippen molar-refractivity contribution in [1.29, 1.82) is 0 Å². The topological polar surface area (TPSA) is 35.0 Å². The number of methoxy groups -OCH3 is 1. The first kappa shape index (κ1) is 13.9. The van der Waals surface area contributed by atoms with Gasteiger partial charge >= 0.3 is 0 Å². The summed E-state index contributed by atoms with van der Waals surface area (Å²) in [6, 6.07) is 0. The number of rotatable bonds is 5. The van der Waals surface area contributed by atoms with Crippen molar-refractivity contribution in [2.45, 2.75) is 32.6 Å². The van der Waals surface area contributed by atoms with Gasteiger partial charge in [-0.15, -0.1) is 0 Å². The van der Waals surface area contributed by atoms with Crippen LogP contribution in [0.25, 0.3) is 0 Å². The molecule has 16 heavy (non-hydrogen) atoms. The largest absolute Gasteiger partial charge is 0.385 e. The molecule has 1 aromatic heterocycles. The third kappa shape index (κ3) is 3.68. The summed E-state index contributed by atoms with van der Waals surface area (Å²) < 4.78 is 5.80. The van der Waals surface area contributed by atoms with E-state index in [2.05, 4.69) is 39.7 Å². The van der Waals surface area contributed by atoms with Gasteiger partial charge in [-0.3, -0.25) is 0 Å². The van der Waals surface area contributed by atoms with Crippen LogP contribution in [0.4, 0.5) is 0 Å². The molecule has 3 nitrogen and oxygen atoms in total. The Morgan fingerprint density at radius 3 is 2.62 bits per heavy atom. The number of nitrogens with zero attached hydrogens (tertiary/aromatic N) is 2. The molecule has 0 saturated heterocycles. The second-order valence-corrected chi connectivity index (χ2v) is 5.03. The summed E-state index contributed by atoms with van der Waals surface area (Å²) in [6.45, 7) is 4.89. The molecule has 1 aromatic rings. The van der Waals surface area contributed by atoms with Crippen molar-refractivity contribution in [2.24, 2.45) is 0 Å². The van der Waals surface area contributed by atoms with Crippen molar-refractivity contribution in [1.82, 2.24) is 9.97 Å². The van der Waals surface area contributed by atoms with Crippen molar-refractivity contribution >= 4 is 27.5 Å². The van der Waals surface area contributed by atoms with E-state index in [1.54, 1.807) is 7.11 Å². The Morgan fingerprint density at radius 1 is 1.38 bits per heavy atom. The summed E-state index contributed by atoms with van der Waals surface area (Å²) in [5, 5.41) is 0.492. The second kappa shape index (κ2) is 6.52. The lowest BCUT2D eigenvalue weighted by atomic mass is 10.1. The first-order valence-electron chi connectivity index (χ1n) is 5.27. The molecule has 0 aromatic carbocycles. The van der Waals surface area contributed by atoms with Gasteiger partial charge in [0.2, 0.25) is 0 Å². The fourth-order valence-electron chi connectivity index (χ4n) is 1.35. The maximum atomic E-state index is 6.05. The Bertz CT molecular complexity index is 358. The minimum absolute atomic E-state index is 0.330. The Kier molecular flexibility index (Phi) is 5.66. The van der Waals surface area contributed by atoms with E-state index in [4.69, 9.17) is 16.3 Å². The number of ether oxygens (including phenoxy) is 1. The Morgan fingerprint density at radius 2 is 2.06 bits per heavy atom. The Balaban J connectivity index is 2.86. The molecule has 1 rings (SSSR count).